The number of hydrogen-bond acceptors (Lipinski definition) is 3. The van der Waals surface area contributed by atoms with Gasteiger partial charge in [-0.3, -0.25) is 4.90 Å². The van der Waals surface area contributed by atoms with E-state index in [9.17, 15) is 4.79 Å². The molecule has 0 spiro atoms. The van der Waals surface area contributed by atoms with Crippen molar-refractivity contribution < 1.29 is 9.53 Å². The minimum Gasteiger partial charge on any atom is -0.444 e. The van der Waals surface area contributed by atoms with E-state index >= 15 is 0 Å². The van der Waals surface area contributed by atoms with Crippen molar-refractivity contribution in [3.05, 3.63) is 0 Å². The summed E-state index contributed by atoms with van der Waals surface area (Å²) in [7, 11) is 0. The minimum absolute atomic E-state index is 0.206. The number of unbranched alkanes of at least 4 members (excludes halogenated alkanes) is 1. The summed E-state index contributed by atoms with van der Waals surface area (Å²) in [5.74, 6) is 0.682. The van der Waals surface area contributed by atoms with Gasteiger partial charge in [-0.15, -0.1) is 0 Å². The fraction of sp³-hybridized carbons (Fsp3) is 0.941. The maximum atomic E-state index is 12.0. The van der Waals surface area contributed by atoms with E-state index in [2.05, 4.69) is 31.0 Å². The second-order valence-electron chi connectivity index (χ2n) is 7.63. The fourth-order valence-corrected chi connectivity index (χ4v) is 2.94. The van der Waals surface area contributed by atoms with Gasteiger partial charge in [-0.2, -0.15) is 0 Å². The lowest BCUT2D eigenvalue weighted by Gasteiger charge is -2.40. The van der Waals surface area contributed by atoms with Crippen molar-refractivity contribution in [2.24, 2.45) is 5.92 Å². The van der Waals surface area contributed by atoms with Crippen LogP contribution in [0.25, 0.3) is 0 Å². The number of alkyl carbamates (subject to hydrolysis) is 1. The molecule has 2 atom stereocenters. The van der Waals surface area contributed by atoms with E-state index in [4.69, 9.17) is 4.74 Å². The lowest BCUT2D eigenvalue weighted by atomic mass is 9.89. The highest BCUT2D eigenvalue weighted by molar-refractivity contribution is 5.68. The average molecular weight is 298 g/mol. The van der Waals surface area contributed by atoms with Crippen molar-refractivity contribution in [1.29, 1.82) is 0 Å². The van der Waals surface area contributed by atoms with Gasteiger partial charge in [0.15, 0.2) is 0 Å². The summed E-state index contributed by atoms with van der Waals surface area (Å²) in [4.78, 5) is 14.5. The molecule has 0 aromatic rings. The van der Waals surface area contributed by atoms with Gasteiger partial charge in [0.05, 0.1) is 0 Å². The van der Waals surface area contributed by atoms with Crippen LogP contribution in [0.5, 0.6) is 0 Å². The van der Waals surface area contributed by atoms with Crippen LogP contribution in [0.1, 0.15) is 67.2 Å². The van der Waals surface area contributed by atoms with Crippen LogP contribution in [0.2, 0.25) is 0 Å². The lowest BCUT2D eigenvalue weighted by Crippen LogP contribution is -2.53. The van der Waals surface area contributed by atoms with Gasteiger partial charge in [0.2, 0.25) is 0 Å². The molecule has 1 amide bonds. The minimum atomic E-state index is -0.432. The number of nitrogens with zero attached hydrogens (tertiary/aromatic N) is 1. The average Bonchev–Trinajstić information content (AvgIpc) is 2.33. The first kappa shape index (κ1) is 18.3. The summed E-state index contributed by atoms with van der Waals surface area (Å²) in [6, 6.07) is 0.732. The monoisotopic (exact) mass is 298 g/mol. The summed E-state index contributed by atoms with van der Waals surface area (Å²) >= 11 is 0. The number of rotatable bonds is 5. The zero-order valence-corrected chi connectivity index (χ0v) is 14.7. The van der Waals surface area contributed by atoms with Gasteiger partial charge in [0.25, 0.3) is 0 Å². The van der Waals surface area contributed by atoms with Gasteiger partial charge in [-0.25, -0.2) is 4.79 Å². The molecule has 2 unspecified atom stereocenters. The molecule has 0 radical (unpaired) electrons. The topological polar surface area (TPSA) is 41.6 Å². The predicted octanol–water partition coefficient (Wildman–Crippen LogP) is 3.80. The third-order valence-electron chi connectivity index (χ3n) is 3.98. The Morgan fingerprint density at radius 3 is 2.52 bits per heavy atom. The highest BCUT2D eigenvalue weighted by Gasteiger charge is 2.30. The van der Waals surface area contributed by atoms with Crippen LogP contribution in [-0.2, 0) is 4.74 Å². The highest BCUT2D eigenvalue weighted by Crippen LogP contribution is 2.23. The zero-order valence-electron chi connectivity index (χ0n) is 14.7. The quantitative estimate of drug-likeness (QED) is 0.839. The Hall–Kier alpha value is -0.770. The summed E-state index contributed by atoms with van der Waals surface area (Å²) in [5, 5.41) is 3.06. The summed E-state index contributed by atoms with van der Waals surface area (Å²) in [6.07, 6.45) is 4.56. The molecule has 1 aliphatic heterocycles. The van der Waals surface area contributed by atoms with E-state index in [0.717, 1.165) is 19.5 Å². The molecule has 21 heavy (non-hydrogen) atoms. The van der Waals surface area contributed by atoms with E-state index < -0.39 is 5.60 Å². The van der Waals surface area contributed by atoms with Crippen molar-refractivity contribution >= 4 is 6.09 Å². The zero-order chi connectivity index (χ0) is 16.0. The Balaban J connectivity index is 2.56. The molecular weight excluding hydrogens is 264 g/mol. The highest BCUT2D eigenvalue weighted by atomic mass is 16.6. The van der Waals surface area contributed by atoms with Crippen molar-refractivity contribution in [3.8, 4) is 0 Å². The number of amides is 1. The van der Waals surface area contributed by atoms with Crippen LogP contribution in [0.15, 0.2) is 0 Å². The molecule has 4 heteroatoms. The Labute approximate surface area is 130 Å². The normalized spacial score (nSPS) is 24.1. The van der Waals surface area contributed by atoms with Crippen LogP contribution in [0.3, 0.4) is 0 Å². The Morgan fingerprint density at radius 2 is 2.00 bits per heavy atom. The summed E-state index contributed by atoms with van der Waals surface area (Å²) < 4.78 is 5.38. The van der Waals surface area contributed by atoms with Gasteiger partial charge in [0.1, 0.15) is 5.60 Å². The third-order valence-corrected chi connectivity index (χ3v) is 3.98. The predicted molar refractivity (Wildman–Crippen MR) is 87.5 cm³/mol. The Kier molecular flexibility index (Phi) is 6.98. The fourth-order valence-electron chi connectivity index (χ4n) is 2.94. The first-order valence-corrected chi connectivity index (χ1v) is 8.44. The van der Waals surface area contributed by atoms with Crippen molar-refractivity contribution in [3.63, 3.8) is 0 Å². The third kappa shape index (κ3) is 7.16. The van der Waals surface area contributed by atoms with Crippen molar-refractivity contribution in [2.45, 2.75) is 84.9 Å². The second-order valence-corrected chi connectivity index (χ2v) is 7.63. The van der Waals surface area contributed by atoms with Crippen LogP contribution >= 0.6 is 0 Å². The number of carbonyl (C=O) groups excluding carboxylic acids is 1. The Morgan fingerprint density at radius 1 is 1.33 bits per heavy atom. The van der Waals surface area contributed by atoms with Crippen molar-refractivity contribution in [1.82, 2.24) is 10.2 Å². The maximum absolute atomic E-state index is 12.0. The lowest BCUT2D eigenvalue weighted by molar-refractivity contribution is 0.0422. The number of carbonyl (C=O) groups is 1. The molecule has 0 bridgehead atoms. The van der Waals surface area contributed by atoms with E-state index in [1.807, 2.05) is 20.8 Å². The largest absolute Gasteiger partial charge is 0.444 e. The summed E-state index contributed by atoms with van der Waals surface area (Å²) in [5.41, 5.74) is -0.432. The molecule has 124 valence electrons. The van der Waals surface area contributed by atoms with Crippen molar-refractivity contribution in [2.75, 3.05) is 13.1 Å². The molecule has 1 fully saturated rings. The van der Waals surface area contributed by atoms with Crippen LogP contribution in [-0.4, -0.2) is 41.8 Å². The number of likely N-dealkylation sites (tertiary alicyclic amines) is 1. The van der Waals surface area contributed by atoms with Gasteiger partial charge in [0, 0.05) is 25.2 Å². The molecular formula is C17H34N2O2. The second kappa shape index (κ2) is 8.02. The molecule has 0 aliphatic carbocycles. The number of piperidine rings is 1. The van der Waals surface area contributed by atoms with Gasteiger partial charge in [-0.05, 0) is 53.4 Å². The van der Waals surface area contributed by atoms with Gasteiger partial charge >= 0.3 is 6.09 Å². The first-order valence-electron chi connectivity index (χ1n) is 8.44. The van der Waals surface area contributed by atoms with Gasteiger partial charge in [-0.1, -0.05) is 19.8 Å². The Bertz CT molecular complexity index is 323. The van der Waals surface area contributed by atoms with Crippen LogP contribution in [0, 0.1) is 5.92 Å². The number of nitrogens with one attached hydrogen (secondary N) is 1. The summed E-state index contributed by atoms with van der Waals surface area (Å²) in [6.45, 7) is 14.5. The molecule has 1 heterocycles. The SMILES string of the molecule is CCCCC1CC(NC(=O)OC(C)(C)C)CN(C(C)C)C1. The molecule has 1 N–H and O–H groups in total. The molecule has 0 aromatic carbocycles. The first-order chi connectivity index (χ1) is 9.71. The molecule has 1 saturated heterocycles. The molecule has 0 aromatic heterocycles. The van der Waals surface area contributed by atoms with E-state index in [0.29, 0.717) is 12.0 Å². The molecule has 1 aliphatic rings. The van der Waals surface area contributed by atoms with E-state index in [1.165, 1.54) is 19.3 Å². The smallest absolute Gasteiger partial charge is 0.407 e. The standard InChI is InChI=1S/C17H34N2O2/c1-7-8-9-14-10-15(12-19(11-14)13(2)3)18-16(20)21-17(4,5)6/h13-15H,7-12H2,1-6H3,(H,18,20). The number of hydrogen-bond donors (Lipinski definition) is 1. The molecule has 0 saturated carbocycles. The maximum Gasteiger partial charge on any atom is 0.407 e. The van der Waals surface area contributed by atoms with Crippen LogP contribution in [0.4, 0.5) is 4.79 Å². The molecule has 4 nitrogen and oxygen atoms in total. The van der Waals surface area contributed by atoms with Crippen LogP contribution < -0.4 is 5.32 Å². The molecule has 1 rings (SSSR count). The number of ether oxygens (including phenoxy) is 1. The van der Waals surface area contributed by atoms with E-state index in [1.54, 1.807) is 0 Å². The van der Waals surface area contributed by atoms with E-state index in [-0.39, 0.29) is 12.1 Å². The van der Waals surface area contributed by atoms with Gasteiger partial charge < -0.3 is 10.1 Å².